The zero-order valence-electron chi connectivity index (χ0n) is 15.7. The second-order valence-electron chi connectivity index (χ2n) is 6.62. The average Bonchev–Trinajstić information content (AvgIpc) is 3.25. The number of rotatable bonds is 5. The Labute approximate surface area is 168 Å². The van der Waals surface area contributed by atoms with Crippen molar-refractivity contribution < 1.29 is 22.7 Å². The number of thiophene rings is 1. The SMILES string of the molecule is COC(=O)c1ccc(C)c(NC(=O)C2CCN(S(=O)(=O)c3cccs3)CC2)c1. The molecule has 0 atom stereocenters. The molecule has 1 aliphatic heterocycles. The number of nitrogens with one attached hydrogen (secondary N) is 1. The summed E-state index contributed by atoms with van der Waals surface area (Å²) in [5.74, 6) is -0.920. The second kappa shape index (κ2) is 8.42. The van der Waals surface area contributed by atoms with Gasteiger partial charge in [-0.2, -0.15) is 4.31 Å². The van der Waals surface area contributed by atoms with Crippen LogP contribution in [0.2, 0.25) is 0 Å². The number of sulfonamides is 1. The maximum atomic E-state index is 12.7. The van der Waals surface area contributed by atoms with E-state index in [4.69, 9.17) is 4.74 Å². The molecule has 0 spiro atoms. The van der Waals surface area contributed by atoms with Gasteiger partial charge in [0.05, 0.1) is 12.7 Å². The van der Waals surface area contributed by atoms with Crippen LogP contribution < -0.4 is 5.32 Å². The summed E-state index contributed by atoms with van der Waals surface area (Å²) in [5.41, 5.74) is 1.75. The minimum Gasteiger partial charge on any atom is -0.465 e. The molecule has 1 saturated heterocycles. The number of carbonyl (C=O) groups is 2. The van der Waals surface area contributed by atoms with Gasteiger partial charge in [0.15, 0.2) is 0 Å². The molecule has 2 aromatic rings. The Morgan fingerprint density at radius 3 is 2.54 bits per heavy atom. The Hall–Kier alpha value is -2.23. The van der Waals surface area contributed by atoms with E-state index >= 15 is 0 Å². The van der Waals surface area contributed by atoms with Crippen LogP contribution in [0.1, 0.15) is 28.8 Å². The van der Waals surface area contributed by atoms with Crippen molar-refractivity contribution in [3.63, 3.8) is 0 Å². The first-order valence-corrected chi connectivity index (χ1v) is 11.2. The smallest absolute Gasteiger partial charge is 0.337 e. The normalized spacial score (nSPS) is 15.9. The quantitative estimate of drug-likeness (QED) is 0.748. The highest BCUT2D eigenvalue weighted by atomic mass is 32.2. The molecule has 3 rings (SSSR count). The van der Waals surface area contributed by atoms with Crippen LogP contribution in [-0.2, 0) is 19.6 Å². The van der Waals surface area contributed by atoms with Crippen molar-refractivity contribution in [2.75, 3.05) is 25.5 Å². The van der Waals surface area contributed by atoms with Gasteiger partial charge in [0.1, 0.15) is 4.21 Å². The van der Waals surface area contributed by atoms with Crippen molar-refractivity contribution in [2.24, 2.45) is 5.92 Å². The third-order valence-electron chi connectivity index (χ3n) is 4.83. The molecule has 150 valence electrons. The summed E-state index contributed by atoms with van der Waals surface area (Å²) in [6.07, 6.45) is 0.901. The van der Waals surface area contributed by atoms with Gasteiger partial charge < -0.3 is 10.1 Å². The summed E-state index contributed by atoms with van der Waals surface area (Å²) in [4.78, 5) is 24.4. The molecule has 0 radical (unpaired) electrons. The van der Waals surface area contributed by atoms with E-state index in [1.807, 2.05) is 6.92 Å². The Bertz CT molecular complexity index is 962. The summed E-state index contributed by atoms with van der Waals surface area (Å²) in [5, 5.41) is 4.60. The molecule has 1 N–H and O–H groups in total. The van der Waals surface area contributed by atoms with Crippen molar-refractivity contribution in [1.82, 2.24) is 4.31 Å². The third-order valence-corrected chi connectivity index (χ3v) is 8.10. The monoisotopic (exact) mass is 422 g/mol. The van der Waals surface area contributed by atoms with Gasteiger partial charge in [-0.05, 0) is 48.9 Å². The number of hydrogen-bond acceptors (Lipinski definition) is 6. The van der Waals surface area contributed by atoms with Gasteiger partial charge in [0, 0.05) is 24.7 Å². The summed E-state index contributed by atoms with van der Waals surface area (Å²) >= 11 is 1.19. The number of amides is 1. The lowest BCUT2D eigenvalue weighted by molar-refractivity contribution is -0.120. The number of benzene rings is 1. The second-order valence-corrected chi connectivity index (χ2v) is 9.73. The molecule has 28 heavy (non-hydrogen) atoms. The van der Waals surface area contributed by atoms with Gasteiger partial charge in [0.25, 0.3) is 10.0 Å². The van der Waals surface area contributed by atoms with Gasteiger partial charge >= 0.3 is 5.97 Å². The largest absolute Gasteiger partial charge is 0.465 e. The molecule has 1 fully saturated rings. The molecule has 7 nitrogen and oxygen atoms in total. The number of nitrogens with zero attached hydrogens (tertiary/aromatic N) is 1. The molecule has 9 heteroatoms. The van der Waals surface area contributed by atoms with E-state index < -0.39 is 16.0 Å². The average molecular weight is 423 g/mol. The van der Waals surface area contributed by atoms with Gasteiger partial charge in [-0.3, -0.25) is 4.79 Å². The molecule has 2 heterocycles. The summed E-state index contributed by atoms with van der Waals surface area (Å²) in [6.45, 7) is 2.45. The highest BCUT2D eigenvalue weighted by molar-refractivity contribution is 7.91. The van der Waals surface area contributed by atoms with Crippen LogP contribution in [0.5, 0.6) is 0 Å². The molecule has 1 aromatic carbocycles. The van der Waals surface area contributed by atoms with Crippen LogP contribution in [0.4, 0.5) is 5.69 Å². The summed E-state index contributed by atoms with van der Waals surface area (Å²) < 4.78 is 31.6. The van der Waals surface area contributed by atoms with Crippen LogP contribution >= 0.6 is 11.3 Å². The molecule has 1 aliphatic rings. The molecular weight excluding hydrogens is 400 g/mol. The minimum absolute atomic E-state index is 0.168. The lowest BCUT2D eigenvalue weighted by Crippen LogP contribution is -2.41. The number of esters is 1. The zero-order valence-corrected chi connectivity index (χ0v) is 17.3. The standard InChI is InChI=1S/C19H22N2O5S2/c1-13-5-6-15(19(23)26-2)12-16(13)20-18(22)14-7-9-21(10-8-14)28(24,25)17-4-3-11-27-17/h3-6,11-12,14H,7-10H2,1-2H3,(H,20,22). The fourth-order valence-corrected chi connectivity index (χ4v) is 5.75. The lowest BCUT2D eigenvalue weighted by Gasteiger charge is -2.30. The topological polar surface area (TPSA) is 92.8 Å². The minimum atomic E-state index is -3.48. The van der Waals surface area contributed by atoms with Crippen molar-refractivity contribution in [2.45, 2.75) is 24.0 Å². The maximum absolute atomic E-state index is 12.7. The highest BCUT2D eigenvalue weighted by Gasteiger charge is 2.32. The van der Waals surface area contributed by atoms with Crippen LogP contribution in [0.25, 0.3) is 0 Å². The Morgan fingerprint density at radius 1 is 1.21 bits per heavy atom. The van der Waals surface area contributed by atoms with E-state index in [0.717, 1.165) is 5.56 Å². The van der Waals surface area contributed by atoms with E-state index in [9.17, 15) is 18.0 Å². The number of anilines is 1. The number of hydrogen-bond donors (Lipinski definition) is 1. The number of piperidine rings is 1. The molecule has 0 aliphatic carbocycles. The number of ether oxygens (including phenoxy) is 1. The first kappa shape index (κ1) is 20.5. The van der Waals surface area contributed by atoms with Crippen molar-refractivity contribution in [3.8, 4) is 0 Å². The Morgan fingerprint density at radius 2 is 1.93 bits per heavy atom. The predicted octanol–water partition coefficient (Wildman–Crippen LogP) is 2.88. The van der Waals surface area contributed by atoms with Crippen molar-refractivity contribution >= 4 is 38.9 Å². The van der Waals surface area contributed by atoms with Crippen molar-refractivity contribution in [1.29, 1.82) is 0 Å². The Balaban J connectivity index is 1.64. The first-order chi connectivity index (χ1) is 13.3. The predicted molar refractivity (Wildman–Crippen MR) is 107 cm³/mol. The fourth-order valence-electron chi connectivity index (χ4n) is 3.13. The first-order valence-electron chi connectivity index (χ1n) is 8.86. The van der Waals surface area contributed by atoms with E-state index in [-0.39, 0.29) is 11.8 Å². The summed E-state index contributed by atoms with van der Waals surface area (Å²) in [6, 6.07) is 8.29. The fraction of sp³-hybridized carbons (Fsp3) is 0.368. The van der Waals surface area contributed by atoms with Gasteiger partial charge in [-0.15, -0.1) is 11.3 Å². The van der Waals surface area contributed by atoms with Gasteiger partial charge in [-0.1, -0.05) is 12.1 Å². The van der Waals surface area contributed by atoms with Crippen LogP contribution in [0.3, 0.4) is 0 Å². The molecule has 0 saturated carbocycles. The van der Waals surface area contributed by atoms with Crippen molar-refractivity contribution in [3.05, 3.63) is 46.8 Å². The summed E-state index contributed by atoms with van der Waals surface area (Å²) in [7, 11) is -2.18. The maximum Gasteiger partial charge on any atom is 0.337 e. The number of aryl methyl sites for hydroxylation is 1. The van der Waals surface area contributed by atoms with Gasteiger partial charge in [0.2, 0.25) is 5.91 Å². The van der Waals surface area contributed by atoms with E-state index in [1.165, 1.54) is 22.8 Å². The highest BCUT2D eigenvalue weighted by Crippen LogP contribution is 2.27. The molecule has 1 aromatic heterocycles. The Kier molecular flexibility index (Phi) is 6.17. The van der Waals surface area contributed by atoms with Crippen LogP contribution in [-0.4, -0.2) is 44.8 Å². The number of carbonyl (C=O) groups excluding carboxylic acids is 2. The molecular formula is C19H22N2O5S2. The lowest BCUT2D eigenvalue weighted by atomic mass is 9.97. The molecule has 1 amide bonds. The molecule has 0 unspecified atom stereocenters. The molecule has 0 bridgehead atoms. The van der Waals surface area contributed by atoms with Gasteiger partial charge in [-0.25, -0.2) is 13.2 Å². The van der Waals surface area contributed by atoms with Crippen LogP contribution in [0.15, 0.2) is 39.9 Å². The van der Waals surface area contributed by atoms with E-state index in [1.54, 1.807) is 35.7 Å². The zero-order chi connectivity index (χ0) is 20.3. The van der Waals surface area contributed by atoms with Crippen LogP contribution in [0, 0.1) is 12.8 Å². The van der Waals surface area contributed by atoms with E-state index in [0.29, 0.717) is 41.4 Å². The third kappa shape index (κ3) is 4.26. The van der Waals surface area contributed by atoms with E-state index in [2.05, 4.69) is 5.32 Å². The number of methoxy groups -OCH3 is 1.